The predicted octanol–water partition coefficient (Wildman–Crippen LogP) is 2.69. The third-order valence-corrected chi connectivity index (χ3v) is 4.07. The van der Waals surface area contributed by atoms with Gasteiger partial charge in [-0.3, -0.25) is 4.79 Å². The summed E-state index contributed by atoms with van der Waals surface area (Å²) >= 11 is 0. The standard InChI is InChI=1S/C17H26N2O2/c1-3-10-19(12-14-6-4-5-9-18-14)17(21)16-8-7-15(20)11-13(16)2/h7-8,11,14,18,20H,3-6,9-10,12H2,1-2H3. The van der Waals surface area contributed by atoms with Crippen LogP contribution in [0.2, 0.25) is 0 Å². The number of benzene rings is 1. The number of amides is 1. The first-order chi connectivity index (χ1) is 10.1. The van der Waals surface area contributed by atoms with Crippen molar-refractivity contribution >= 4 is 5.91 Å². The van der Waals surface area contributed by atoms with E-state index in [4.69, 9.17) is 0 Å². The molecule has 0 aromatic heterocycles. The van der Waals surface area contributed by atoms with Crippen LogP contribution in [0, 0.1) is 6.92 Å². The molecule has 1 atom stereocenters. The summed E-state index contributed by atoms with van der Waals surface area (Å²) in [6, 6.07) is 5.37. The summed E-state index contributed by atoms with van der Waals surface area (Å²) < 4.78 is 0. The third-order valence-electron chi connectivity index (χ3n) is 4.07. The van der Waals surface area contributed by atoms with Crippen LogP contribution in [-0.4, -0.2) is 41.6 Å². The van der Waals surface area contributed by atoms with Gasteiger partial charge in [0.25, 0.3) is 5.91 Å². The number of aromatic hydroxyl groups is 1. The summed E-state index contributed by atoms with van der Waals surface area (Å²) in [6.07, 6.45) is 4.57. The third kappa shape index (κ3) is 4.21. The fourth-order valence-electron chi connectivity index (χ4n) is 2.95. The zero-order chi connectivity index (χ0) is 15.2. The van der Waals surface area contributed by atoms with Gasteiger partial charge in [-0.2, -0.15) is 0 Å². The van der Waals surface area contributed by atoms with Crippen LogP contribution in [0.25, 0.3) is 0 Å². The number of carbonyl (C=O) groups is 1. The van der Waals surface area contributed by atoms with Gasteiger partial charge in [-0.25, -0.2) is 0 Å². The average molecular weight is 290 g/mol. The highest BCUT2D eigenvalue weighted by Crippen LogP contribution is 2.18. The molecule has 1 saturated heterocycles. The number of hydrogen-bond acceptors (Lipinski definition) is 3. The van der Waals surface area contributed by atoms with Crippen LogP contribution in [-0.2, 0) is 0 Å². The fraction of sp³-hybridized carbons (Fsp3) is 0.588. The van der Waals surface area contributed by atoms with Crippen molar-refractivity contribution in [3.8, 4) is 5.75 Å². The van der Waals surface area contributed by atoms with E-state index in [9.17, 15) is 9.90 Å². The number of rotatable bonds is 5. The fourth-order valence-corrected chi connectivity index (χ4v) is 2.95. The quantitative estimate of drug-likeness (QED) is 0.876. The molecule has 1 aromatic rings. The highest BCUT2D eigenvalue weighted by molar-refractivity contribution is 5.95. The molecule has 116 valence electrons. The summed E-state index contributed by atoms with van der Waals surface area (Å²) in [4.78, 5) is 14.7. The predicted molar refractivity (Wildman–Crippen MR) is 84.7 cm³/mol. The number of nitrogens with zero attached hydrogens (tertiary/aromatic N) is 1. The lowest BCUT2D eigenvalue weighted by molar-refractivity contribution is 0.0731. The van der Waals surface area contributed by atoms with E-state index in [2.05, 4.69) is 12.2 Å². The summed E-state index contributed by atoms with van der Waals surface area (Å²) in [5.41, 5.74) is 1.52. The maximum Gasteiger partial charge on any atom is 0.254 e. The van der Waals surface area contributed by atoms with Crippen molar-refractivity contribution in [2.75, 3.05) is 19.6 Å². The first kappa shape index (κ1) is 15.8. The van der Waals surface area contributed by atoms with Gasteiger partial charge in [0, 0.05) is 24.7 Å². The highest BCUT2D eigenvalue weighted by Gasteiger charge is 2.22. The number of piperidine rings is 1. The molecule has 4 nitrogen and oxygen atoms in total. The molecule has 1 amide bonds. The van der Waals surface area contributed by atoms with Crippen molar-refractivity contribution < 1.29 is 9.90 Å². The Morgan fingerprint density at radius 3 is 2.86 bits per heavy atom. The van der Waals surface area contributed by atoms with Crippen LogP contribution >= 0.6 is 0 Å². The van der Waals surface area contributed by atoms with Crippen molar-refractivity contribution in [1.29, 1.82) is 0 Å². The zero-order valence-corrected chi connectivity index (χ0v) is 13.1. The smallest absolute Gasteiger partial charge is 0.254 e. The van der Waals surface area contributed by atoms with Gasteiger partial charge in [-0.1, -0.05) is 13.3 Å². The number of aryl methyl sites for hydroxylation is 1. The second kappa shape index (κ2) is 7.46. The van der Waals surface area contributed by atoms with Crippen LogP contribution < -0.4 is 5.32 Å². The van der Waals surface area contributed by atoms with Gasteiger partial charge < -0.3 is 15.3 Å². The number of nitrogens with one attached hydrogen (secondary N) is 1. The van der Waals surface area contributed by atoms with E-state index in [1.54, 1.807) is 18.2 Å². The first-order valence-corrected chi connectivity index (χ1v) is 7.94. The summed E-state index contributed by atoms with van der Waals surface area (Å²) in [6.45, 7) is 6.57. The van der Waals surface area contributed by atoms with Crippen LogP contribution in [0.15, 0.2) is 18.2 Å². The second-order valence-electron chi connectivity index (χ2n) is 5.90. The van der Waals surface area contributed by atoms with Gasteiger partial charge >= 0.3 is 0 Å². The van der Waals surface area contributed by atoms with E-state index in [-0.39, 0.29) is 11.7 Å². The first-order valence-electron chi connectivity index (χ1n) is 7.94. The lowest BCUT2D eigenvalue weighted by atomic mass is 10.0. The summed E-state index contributed by atoms with van der Waals surface area (Å²) in [5, 5.41) is 13.0. The molecule has 0 spiro atoms. The van der Waals surface area contributed by atoms with E-state index >= 15 is 0 Å². The molecule has 1 aromatic carbocycles. The molecule has 2 N–H and O–H groups in total. The molecule has 4 heteroatoms. The van der Waals surface area contributed by atoms with Crippen LogP contribution in [0.3, 0.4) is 0 Å². The Morgan fingerprint density at radius 1 is 1.43 bits per heavy atom. The molecule has 0 bridgehead atoms. The van der Waals surface area contributed by atoms with E-state index in [1.165, 1.54) is 12.8 Å². The molecule has 0 saturated carbocycles. The molecule has 21 heavy (non-hydrogen) atoms. The van der Waals surface area contributed by atoms with E-state index in [0.29, 0.717) is 11.6 Å². The topological polar surface area (TPSA) is 52.6 Å². The Balaban J connectivity index is 2.10. The van der Waals surface area contributed by atoms with Crippen molar-refractivity contribution in [3.05, 3.63) is 29.3 Å². The minimum atomic E-state index is 0.0710. The monoisotopic (exact) mass is 290 g/mol. The van der Waals surface area contributed by atoms with Gasteiger partial charge in [-0.15, -0.1) is 0 Å². The molecular formula is C17H26N2O2. The molecule has 0 radical (unpaired) electrons. The Morgan fingerprint density at radius 2 is 2.24 bits per heavy atom. The molecule has 0 aliphatic carbocycles. The molecule has 1 heterocycles. The van der Waals surface area contributed by atoms with E-state index < -0.39 is 0 Å². The van der Waals surface area contributed by atoms with Crippen molar-refractivity contribution in [2.45, 2.75) is 45.6 Å². The second-order valence-corrected chi connectivity index (χ2v) is 5.90. The normalized spacial score (nSPS) is 18.5. The van der Waals surface area contributed by atoms with Gasteiger partial charge in [0.2, 0.25) is 0 Å². The zero-order valence-electron chi connectivity index (χ0n) is 13.1. The summed E-state index contributed by atoms with van der Waals surface area (Å²) in [7, 11) is 0. The van der Waals surface area contributed by atoms with Crippen LogP contribution in [0.1, 0.15) is 48.5 Å². The number of carbonyl (C=O) groups excluding carboxylic acids is 1. The maximum absolute atomic E-state index is 12.8. The lowest BCUT2D eigenvalue weighted by Gasteiger charge is -2.31. The Labute approximate surface area is 127 Å². The van der Waals surface area contributed by atoms with Crippen molar-refractivity contribution in [2.24, 2.45) is 0 Å². The van der Waals surface area contributed by atoms with Crippen LogP contribution in [0.5, 0.6) is 5.75 Å². The Kier molecular flexibility index (Phi) is 5.62. The minimum Gasteiger partial charge on any atom is -0.508 e. The number of hydrogen-bond donors (Lipinski definition) is 2. The van der Waals surface area contributed by atoms with Crippen molar-refractivity contribution in [3.63, 3.8) is 0 Å². The number of phenolic OH excluding ortho intramolecular Hbond substituents is 1. The van der Waals surface area contributed by atoms with Gasteiger partial charge in [0.15, 0.2) is 0 Å². The molecule has 1 aliphatic rings. The van der Waals surface area contributed by atoms with E-state index in [1.807, 2.05) is 11.8 Å². The lowest BCUT2D eigenvalue weighted by Crippen LogP contribution is -2.46. The van der Waals surface area contributed by atoms with Gasteiger partial charge in [0.05, 0.1) is 0 Å². The van der Waals surface area contributed by atoms with Crippen molar-refractivity contribution in [1.82, 2.24) is 10.2 Å². The molecule has 2 rings (SSSR count). The van der Waals surface area contributed by atoms with Crippen LogP contribution in [0.4, 0.5) is 0 Å². The molecule has 1 aliphatic heterocycles. The van der Waals surface area contributed by atoms with E-state index in [0.717, 1.165) is 38.0 Å². The minimum absolute atomic E-state index is 0.0710. The number of phenols is 1. The molecule has 1 unspecified atom stereocenters. The Bertz CT molecular complexity index is 482. The highest BCUT2D eigenvalue weighted by atomic mass is 16.3. The molecule has 1 fully saturated rings. The largest absolute Gasteiger partial charge is 0.508 e. The maximum atomic E-state index is 12.8. The molecular weight excluding hydrogens is 264 g/mol. The van der Waals surface area contributed by atoms with Gasteiger partial charge in [-0.05, 0) is 56.5 Å². The SMILES string of the molecule is CCCN(CC1CCCCN1)C(=O)c1ccc(O)cc1C. The van der Waals surface area contributed by atoms with Gasteiger partial charge in [0.1, 0.15) is 5.75 Å². The average Bonchev–Trinajstić information content (AvgIpc) is 2.47. The summed E-state index contributed by atoms with van der Waals surface area (Å²) in [5.74, 6) is 0.279. The Hall–Kier alpha value is -1.55.